The number of anilines is 2. The summed E-state index contributed by atoms with van der Waals surface area (Å²) in [7, 11) is 0.239. The third-order valence-electron chi connectivity index (χ3n) is 3.36. The molecule has 0 spiro atoms. The second-order valence-corrected chi connectivity index (χ2v) is 6.85. The monoisotopic (exact) mass is 316 g/mol. The average molecular weight is 316 g/mol. The summed E-state index contributed by atoms with van der Waals surface area (Å²) in [5.41, 5.74) is 2.33. The van der Waals surface area contributed by atoms with Crippen LogP contribution in [0.15, 0.2) is 53.6 Å². The molecule has 0 atom stereocenters. The molecule has 1 aromatic heterocycles. The molecule has 0 aliphatic carbocycles. The van der Waals surface area contributed by atoms with Gasteiger partial charge in [-0.05, 0) is 42.5 Å². The van der Waals surface area contributed by atoms with Gasteiger partial charge in [0.1, 0.15) is 0 Å². The molecule has 0 amide bonds. The highest BCUT2D eigenvalue weighted by Crippen LogP contribution is 2.21. The van der Waals surface area contributed by atoms with Crippen molar-refractivity contribution in [2.45, 2.75) is 4.90 Å². The molecule has 2 N–H and O–H groups in total. The van der Waals surface area contributed by atoms with Gasteiger partial charge in [-0.3, -0.25) is 9.82 Å². The maximum Gasteiger partial charge on any atom is 0.261 e. The van der Waals surface area contributed by atoms with Gasteiger partial charge in [0.25, 0.3) is 10.0 Å². The first kappa shape index (κ1) is 14.4. The van der Waals surface area contributed by atoms with Crippen LogP contribution >= 0.6 is 0 Å². The highest BCUT2D eigenvalue weighted by atomic mass is 32.2. The first-order chi connectivity index (χ1) is 10.5. The highest BCUT2D eigenvalue weighted by Gasteiger charge is 2.15. The standard InChI is InChI=1S/C15H16N4O2S/c1-19(2)13-5-3-12(4-6-13)18-22(20,21)14-7-8-15-11(9-14)10-16-17-15/h3-10,18H,1-2H3,(H,16,17). The normalized spacial score (nSPS) is 11.5. The molecule has 3 aromatic rings. The minimum atomic E-state index is -3.62. The molecular formula is C15H16N4O2S. The summed E-state index contributed by atoms with van der Waals surface area (Å²) in [4.78, 5) is 2.16. The van der Waals surface area contributed by atoms with Crippen LogP contribution in [0.3, 0.4) is 0 Å². The first-order valence-electron chi connectivity index (χ1n) is 6.69. The fraction of sp³-hybridized carbons (Fsp3) is 0.133. The number of hydrogen-bond acceptors (Lipinski definition) is 4. The van der Waals surface area contributed by atoms with Crippen LogP contribution in [0.1, 0.15) is 0 Å². The number of sulfonamides is 1. The van der Waals surface area contributed by atoms with Crippen LogP contribution in [-0.2, 0) is 10.0 Å². The van der Waals surface area contributed by atoms with Gasteiger partial charge in [0.15, 0.2) is 0 Å². The van der Waals surface area contributed by atoms with E-state index in [2.05, 4.69) is 14.9 Å². The molecule has 0 radical (unpaired) electrons. The van der Waals surface area contributed by atoms with Gasteiger partial charge in [-0.15, -0.1) is 0 Å². The zero-order valence-corrected chi connectivity index (χ0v) is 13.1. The summed E-state index contributed by atoms with van der Waals surface area (Å²) in [5, 5.41) is 7.44. The lowest BCUT2D eigenvalue weighted by Crippen LogP contribution is -2.13. The number of nitrogens with one attached hydrogen (secondary N) is 2. The van der Waals surface area contributed by atoms with E-state index in [1.165, 1.54) is 0 Å². The Bertz CT molecular complexity index is 899. The number of fused-ring (bicyclic) bond motifs is 1. The number of aromatic nitrogens is 2. The minimum absolute atomic E-state index is 0.207. The molecule has 7 heteroatoms. The van der Waals surface area contributed by atoms with Crippen LogP contribution < -0.4 is 9.62 Å². The van der Waals surface area contributed by atoms with Crippen molar-refractivity contribution in [3.8, 4) is 0 Å². The summed E-state index contributed by atoms with van der Waals surface area (Å²) >= 11 is 0. The number of rotatable bonds is 4. The lowest BCUT2D eigenvalue weighted by molar-refractivity contribution is 0.601. The second-order valence-electron chi connectivity index (χ2n) is 5.17. The second kappa shape index (κ2) is 5.34. The van der Waals surface area contributed by atoms with Crippen molar-refractivity contribution in [1.29, 1.82) is 0 Å². The molecular weight excluding hydrogens is 300 g/mol. The van der Waals surface area contributed by atoms with Crippen molar-refractivity contribution in [2.75, 3.05) is 23.7 Å². The van der Waals surface area contributed by atoms with E-state index >= 15 is 0 Å². The predicted molar refractivity (Wildman–Crippen MR) is 87.7 cm³/mol. The van der Waals surface area contributed by atoms with Gasteiger partial charge in [0.2, 0.25) is 0 Å². The molecule has 0 aliphatic rings. The van der Waals surface area contributed by atoms with E-state index in [-0.39, 0.29) is 4.90 Å². The largest absolute Gasteiger partial charge is 0.378 e. The van der Waals surface area contributed by atoms with E-state index < -0.39 is 10.0 Å². The number of benzene rings is 2. The molecule has 6 nitrogen and oxygen atoms in total. The Balaban J connectivity index is 1.89. The van der Waals surface area contributed by atoms with E-state index in [0.717, 1.165) is 16.6 Å². The lowest BCUT2D eigenvalue weighted by Gasteiger charge is -2.13. The van der Waals surface area contributed by atoms with Crippen molar-refractivity contribution < 1.29 is 8.42 Å². The van der Waals surface area contributed by atoms with Crippen molar-refractivity contribution >= 4 is 32.3 Å². The predicted octanol–water partition coefficient (Wildman–Crippen LogP) is 2.43. The summed E-state index contributed by atoms with van der Waals surface area (Å²) in [6.07, 6.45) is 1.60. The van der Waals surface area contributed by atoms with Gasteiger partial charge in [0.05, 0.1) is 16.6 Å². The zero-order chi connectivity index (χ0) is 15.7. The highest BCUT2D eigenvalue weighted by molar-refractivity contribution is 7.92. The van der Waals surface area contributed by atoms with E-state index in [4.69, 9.17) is 0 Å². The summed E-state index contributed by atoms with van der Waals surface area (Å²) in [5.74, 6) is 0. The van der Waals surface area contributed by atoms with E-state index in [0.29, 0.717) is 5.69 Å². The van der Waals surface area contributed by atoms with E-state index in [1.807, 2.05) is 31.1 Å². The molecule has 0 aliphatic heterocycles. The molecule has 2 aromatic carbocycles. The Hall–Kier alpha value is -2.54. The van der Waals surface area contributed by atoms with Crippen molar-refractivity contribution in [1.82, 2.24) is 10.2 Å². The number of H-pyrrole nitrogens is 1. The zero-order valence-electron chi connectivity index (χ0n) is 12.2. The van der Waals surface area contributed by atoms with Crippen LogP contribution in [0, 0.1) is 0 Å². The molecule has 22 heavy (non-hydrogen) atoms. The Morgan fingerprint density at radius 2 is 1.82 bits per heavy atom. The van der Waals surface area contributed by atoms with E-state index in [1.54, 1.807) is 36.5 Å². The average Bonchev–Trinajstić information content (AvgIpc) is 2.94. The van der Waals surface area contributed by atoms with Crippen LogP contribution in [-0.4, -0.2) is 32.7 Å². The molecule has 1 heterocycles. The van der Waals surface area contributed by atoms with Crippen molar-refractivity contribution in [3.63, 3.8) is 0 Å². The van der Waals surface area contributed by atoms with Crippen molar-refractivity contribution in [3.05, 3.63) is 48.7 Å². The van der Waals surface area contributed by atoms with Gasteiger partial charge < -0.3 is 4.90 Å². The fourth-order valence-corrected chi connectivity index (χ4v) is 3.22. The van der Waals surface area contributed by atoms with E-state index in [9.17, 15) is 8.42 Å². The number of aromatic amines is 1. The lowest BCUT2D eigenvalue weighted by atomic mass is 10.3. The summed E-state index contributed by atoms with van der Waals surface area (Å²) in [6.45, 7) is 0. The van der Waals surface area contributed by atoms with Crippen LogP contribution in [0.2, 0.25) is 0 Å². The maximum atomic E-state index is 12.4. The molecule has 0 fully saturated rings. The number of hydrogen-bond donors (Lipinski definition) is 2. The van der Waals surface area contributed by atoms with Gasteiger partial charge in [-0.25, -0.2) is 8.42 Å². The molecule has 0 saturated heterocycles. The molecule has 0 unspecified atom stereocenters. The minimum Gasteiger partial charge on any atom is -0.378 e. The molecule has 0 saturated carbocycles. The quantitative estimate of drug-likeness (QED) is 0.775. The van der Waals surface area contributed by atoms with Gasteiger partial charge in [0, 0.05) is 30.9 Å². The van der Waals surface area contributed by atoms with Gasteiger partial charge >= 0.3 is 0 Å². The van der Waals surface area contributed by atoms with Gasteiger partial charge in [-0.1, -0.05) is 0 Å². The molecule has 114 valence electrons. The number of nitrogens with zero attached hydrogens (tertiary/aromatic N) is 2. The third kappa shape index (κ3) is 2.75. The smallest absolute Gasteiger partial charge is 0.261 e. The van der Waals surface area contributed by atoms with Crippen LogP contribution in [0.4, 0.5) is 11.4 Å². The molecule has 3 rings (SSSR count). The fourth-order valence-electron chi connectivity index (χ4n) is 2.13. The third-order valence-corrected chi connectivity index (χ3v) is 4.74. The summed E-state index contributed by atoms with van der Waals surface area (Å²) < 4.78 is 27.4. The summed E-state index contributed by atoms with van der Waals surface area (Å²) in [6, 6.07) is 12.0. The SMILES string of the molecule is CN(C)c1ccc(NS(=O)(=O)c2ccc3[nH]ncc3c2)cc1. The molecule has 0 bridgehead atoms. The maximum absolute atomic E-state index is 12.4. The Labute approximate surface area is 128 Å². The first-order valence-corrected chi connectivity index (χ1v) is 8.17. The van der Waals surface area contributed by atoms with Crippen molar-refractivity contribution in [2.24, 2.45) is 0 Å². The van der Waals surface area contributed by atoms with Crippen LogP contribution in [0.5, 0.6) is 0 Å². The Morgan fingerprint density at radius 1 is 1.09 bits per heavy atom. The topological polar surface area (TPSA) is 78.1 Å². The Morgan fingerprint density at radius 3 is 2.50 bits per heavy atom. The Kier molecular flexibility index (Phi) is 3.50. The van der Waals surface area contributed by atoms with Crippen LogP contribution in [0.25, 0.3) is 10.9 Å². The van der Waals surface area contributed by atoms with Gasteiger partial charge in [-0.2, -0.15) is 5.10 Å².